The third-order valence-electron chi connectivity index (χ3n) is 0.299. The topological polar surface area (TPSA) is 0 Å². The molecule has 0 saturated heterocycles. The first kappa shape index (κ1) is 6.32. The monoisotopic (exact) mass is 123 g/mol. The van der Waals surface area contributed by atoms with Crippen LogP contribution >= 0.6 is 23.2 Å². The van der Waals surface area contributed by atoms with Gasteiger partial charge in [-0.25, -0.2) is 0 Å². The molecule has 0 atom stereocenters. The van der Waals surface area contributed by atoms with Crippen LogP contribution in [0.2, 0.25) is 0 Å². The third kappa shape index (κ3) is 4.32. The van der Waals surface area contributed by atoms with Crippen molar-refractivity contribution in [1.82, 2.24) is 0 Å². The van der Waals surface area contributed by atoms with E-state index in [9.17, 15) is 0 Å². The molecular weight excluding hydrogens is 119 g/mol. The average molecular weight is 124 g/mol. The molecule has 0 nitrogen and oxygen atoms in total. The van der Waals surface area contributed by atoms with Crippen molar-refractivity contribution in [2.45, 2.75) is 11.3 Å². The number of rotatable bonds is 2. The SMILES string of the molecule is C=[C]CC(Cl)Cl. The minimum absolute atomic E-state index is 0.331. The van der Waals surface area contributed by atoms with Crippen LogP contribution in [-0.2, 0) is 0 Å². The van der Waals surface area contributed by atoms with E-state index in [1.165, 1.54) is 0 Å². The van der Waals surface area contributed by atoms with E-state index in [0.717, 1.165) is 0 Å². The van der Waals surface area contributed by atoms with Crippen molar-refractivity contribution in [2.24, 2.45) is 0 Å². The van der Waals surface area contributed by atoms with E-state index >= 15 is 0 Å². The van der Waals surface area contributed by atoms with Crippen LogP contribution in [0.5, 0.6) is 0 Å². The summed E-state index contributed by atoms with van der Waals surface area (Å²) >= 11 is 10.5. The smallest absolute Gasteiger partial charge is 0.105 e. The largest absolute Gasteiger partial charge is 0.111 e. The maximum atomic E-state index is 5.24. The van der Waals surface area contributed by atoms with Gasteiger partial charge >= 0.3 is 0 Å². The lowest BCUT2D eigenvalue weighted by Crippen LogP contribution is -1.78. The van der Waals surface area contributed by atoms with Crippen molar-refractivity contribution in [3.8, 4) is 0 Å². The van der Waals surface area contributed by atoms with E-state index in [0.29, 0.717) is 6.42 Å². The van der Waals surface area contributed by atoms with Crippen LogP contribution in [0.4, 0.5) is 0 Å². The quantitative estimate of drug-likeness (QED) is 0.495. The number of hydrogen-bond acceptors (Lipinski definition) is 0. The highest BCUT2D eigenvalue weighted by Crippen LogP contribution is 2.04. The fourth-order valence-electron chi connectivity index (χ4n) is 0.109. The highest BCUT2D eigenvalue weighted by atomic mass is 35.5. The van der Waals surface area contributed by atoms with Crippen LogP contribution in [0.15, 0.2) is 6.58 Å². The van der Waals surface area contributed by atoms with Crippen molar-refractivity contribution in [3.63, 3.8) is 0 Å². The second kappa shape index (κ2) is 3.51. The van der Waals surface area contributed by atoms with Gasteiger partial charge in [-0.3, -0.25) is 0 Å². The molecule has 0 N–H and O–H groups in total. The Hall–Kier alpha value is 0.320. The molecule has 0 heterocycles. The summed E-state index contributed by atoms with van der Waals surface area (Å²) in [5, 5.41) is 0. The molecule has 0 aromatic heterocycles. The Kier molecular flexibility index (Phi) is 3.70. The molecule has 6 heavy (non-hydrogen) atoms. The average Bonchev–Trinajstić information content (AvgIpc) is 1.35. The summed E-state index contributed by atoms with van der Waals surface area (Å²) < 4.78 is 0. The first-order valence-electron chi connectivity index (χ1n) is 1.55. The zero-order chi connectivity index (χ0) is 4.99. The molecular formula is C4H5Cl2. The molecule has 0 unspecified atom stereocenters. The Morgan fingerprint density at radius 1 is 1.67 bits per heavy atom. The van der Waals surface area contributed by atoms with Crippen molar-refractivity contribution in [2.75, 3.05) is 0 Å². The number of hydrogen-bond donors (Lipinski definition) is 0. The molecule has 0 amide bonds. The summed E-state index contributed by atoms with van der Waals surface area (Å²) in [5.41, 5.74) is 0. The van der Waals surface area contributed by atoms with E-state index in [-0.39, 0.29) is 4.84 Å². The summed E-state index contributed by atoms with van der Waals surface area (Å²) in [6.07, 6.45) is 3.10. The number of halogens is 2. The summed E-state index contributed by atoms with van der Waals surface area (Å²) in [7, 11) is 0. The zero-order valence-electron chi connectivity index (χ0n) is 3.25. The van der Waals surface area contributed by atoms with Gasteiger partial charge in [-0.15, -0.1) is 23.2 Å². The van der Waals surface area contributed by atoms with Gasteiger partial charge in [-0.05, 0) is 6.08 Å². The van der Waals surface area contributed by atoms with Crippen LogP contribution in [-0.4, -0.2) is 4.84 Å². The molecule has 0 aliphatic carbocycles. The van der Waals surface area contributed by atoms with Crippen LogP contribution in [0, 0.1) is 6.08 Å². The van der Waals surface area contributed by atoms with Gasteiger partial charge in [0.05, 0.1) is 0 Å². The fraction of sp³-hybridized carbons (Fsp3) is 0.500. The minimum Gasteiger partial charge on any atom is -0.105 e. The lowest BCUT2D eigenvalue weighted by Gasteiger charge is -1.86. The Bertz CT molecular complexity index is 40.8. The molecule has 1 radical (unpaired) electrons. The Labute approximate surface area is 47.8 Å². The van der Waals surface area contributed by atoms with E-state index in [1.54, 1.807) is 0 Å². The van der Waals surface area contributed by atoms with Gasteiger partial charge in [-0.1, -0.05) is 6.58 Å². The van der Waals surface area contributed by atoms with E-state index < -0.39 is 0 Å². The van der Waals surface area contributed by atoms with Crippen LogP contribution in [0.3, 0.4) is 0 Å². The predicted molar refractivity (Wildman–Crippen MR) is 29.0 cm³/mol. The molecule has 35 valence electrons. The van der Waals surface area contributed by atoms with Gasteiger partial charge in [-0.2, -0.15) is 0 Å². The first-order valence-corrected chi connectivity index (χ1v) is 2.42. The second-order valence-electron chi connectivity index (χ2n) is 0.845. The van der Waals surface area contributed by atoms with Crippen molar-refractivity contribution in [1.29, 1.82) is 0 Å². The Morgan fingerprint density at radius 3 is 2.17 bits per heavy atom. The number of alkyl halides is 2. The van der Waals surface area contributed by atoms with Crippen molar-refractivity contribution >= 4 is 23.2 Å². The standard InChI is InChI=1S/C4H5Cl2/c1-2-3-4(5)6/h4H,1,3H2. The van der Waals surface area contributed by atoms with Gasteiger partial charge in [0.1, 0.15) is 4.84 Å². The molecule has 0 rings (SSSR count). The van der Waals surface area contributed by atoms with Crippen LogP contribution in [0.1, 0.15) is 6.42 Å². The highest BCUT2D eigenvalue weighted by Gasteiger charge is 1.89. The molecule has 0 bridgehead atoms. The number of allylic oxidation sites excluding steroid dienone is 1. The van der Waals surface area contributed by atoms with Gasteiger partial charge in [0.2, 0.25) is 0 Å². The van der Waals surface area contributed by atoms with Crippen LogP contribution < -0.4 is 0 Å². The summed E-state index contributed by atoms with van der Waals surface area (Å²) in [6.45, 7) is 3.31. The van der Waals surface area contributed by atoms with Gasteiger partial charge < -0.3 is 0 Å². The minimum atomic E-state index is -0.331. The van der Waals surface area contributed by atoms with E-state index in [4.69, 9.17) is 23.2 Å². The lowest BCUT2D eigenvalue weighted by atomic mass is 10.5. The molecule has 0 aliphatic rings. The molecule has 0 aliphatic heterocycles. The Morgan fingerprint density at radius 2 is 2.17 bits per heavy atom. The normalized spacial score (nSPS) is 9.17. The summed E-state index contributed by atoms with van der Waals surface area (Å²) in [4.78, 5) is -0.331. The third-order valence-corrected chi connectivity index (χ3v) is 0.607. The van der Waals surface area contributed by atoms with Crippen molar-refractivity contribution in [3.05, 3.63) is 12.7 Å². The van der Waals surface area contributed by atoms with Gasteiger partial charge in [0.25, 0.3) is 0 Å². The van der Waals surface area contributed by atoms with E-state index in [2.05, 4.69) is 12.7 Å². The molecule has 0 fully saturated rings. The fourth-order valence-corrected chi connectivity index (χ4v) is 0.327. The summed E-state index contributed by atoms with van der Waals surface area (Å²) in [5.74, 6) is 0. The lowest BCUT2D eigenvalue weighted by molar-refractivity contribution is 1.13. The maximum Gasteiger partial charge on any atom is 0.111 e. The Balaban J connectivity index is 2.81. The molecule has 2 heteroatoms. The zero-order valence-corrected chi connectivity index (χ0v) is 4.76. The molecule has 0 aromatic carbocycles. The van der Waals surface area contributed by atoms with E-state index in [1.807, 2.05) is 0 Å². The molecule has 0 saturated carbocycles. The van der Waals surface area contributed by atoms with Crippen molar-refractivity contribution < 1.29 is 0 Å². The second-order valence-corrected chi connectivity index (χ2v) is 2.12. The first-order chi connectivity index (χ1) is 2.77. The van der Waals surface area contributed by atoms with Gasteiger partial charge in [0.15, 0.2) is 0 Å². The maximum absolute atomic E-state index is 5.24. The summed E-state index contributed by atoms with van der Waals surface area (Å²) in [6, 6.07) is 0. The molecule has 0 spiro atoms. The highest BCUT2D eigenvalue weighted by molar-refractivity contribution is 6.44. The van der Waals surface area contributed by atoms with Gasteiger partial charge in [0, 0.05) is 6.42 Å². The van der Waals surface area contributed by atoms with Crippen LogP contribution in [0.25, 0.3) is 0 Å². The molecule has 0 aromatic rings. The predicted octanol–water partition coefficient (Wildman–Crippen LogP) is 2.17.